The summed E-state index contributed by atoms with van der Waals surface area (Å²) in [7, 11) is 0. The predicted molar refractivity (Wildman–Crippen MR) is 141 cm³/mol. The van der Waals surface area contributed by atoms with E-state index < -0.39 is 18.4 Å². The SMILES string of the molecule is O=C(Nc1ccc(-c2cc(N3CCOCC3)nc(-n3c(C(F)F)nc4ccccc43)n2)cc1)C1CNCCO1. The average molecular weight is 536 g/mol. The van der Waals surface area contributed by atoms with Gasteiger partial charge in [0.05, 0.1) is 36.5 Å². The van der Waals surface area contributed by atoms with Crippen LogP contribution in [0.1, 0.15) is 12.2 Å². The van der Waals surface area contributed by atoms with Gasteiger partial charge in [0.1, 0.15) is 11.9 Å². The van der Waals surface area contributed by atoms with E-state index >= 15 is 0 Å². The Bertz CT molecular complexity index is 1470. The molecule has 12 heteroatoms. The molecule has 2 fully saturated rings. The zero-order valence-electron chi connectivity index (χ0n) is 21.0. The summed E-state index contributed by atoms with van der Waals surface area (Å²) >= 11 is 0. The number of morpholine rings is 2. The van der Waals surface area contributed by atoms with Crippen LogP contribution in [0.4, 0.5) is 20.3 Å². The van der Waals surface area contributed by atoms with Crippen LogP contribution in [0.3, 0.4) is 0 Å². The zero-order chi connectivity index (χ0) is 26.8. The number of para-hydroxylation sites is 2. The van der Waals surface area contributed by atoms with Gasteiger partial charge in [-0.05, 0) is 24.3 Å². The van der Waals surface area contributed by atoms with Crippen molar-refractivity contribution < 1.29 is 23.0 Å². The van der Waals surface area contributed by atoms with Crippen LogP contribution in [0, 0.1) is 0 Å². The Morgan fingerprint density at radius 2 is 1.82 bits per heavy atom. The number of imidazole rings is 1. The number of hydrogen-bond acceptors (Lipinski definition) is 8. The second-order valence-corrected chi connectivity index (χ2v) is 9.24. The first-order valence-electron chi connectivity index (χ1n) is 12.8. The Balaban J connectivity index is 1.38. The van der Waals surface area contributed by atoms with E-state index in [4.69, 9.17) is 19.4 Å². The van der Waals surface area contributed by atoms with Gasteiger partial charge < -0.3 is 25.0 Å². The molecule has 2 aromatic heterocycles. The fourth-order valence-corrected chi connectivity index (χ4v) is 4.71. The minimum Gasteiger partial charge on any atom is -0.378 e. The molecule has 39 heavy (non-hydrogen) atoms. The van der Waals surface area contributed by atoms with E-state index in [1.807, 2.05) is 23.1 Å². The quantitative estimate of drug-likeness (QED) is 0.388. The molecule has 2 aromatic carbocycles. The monoisotopic (exact) mass is 535 g/mol. The van der Waals surface area contributed by atoms with E-state index in [2.05, 4.69) is 15.6 Å². The molecule has 4 aromatic rings. The van der Waals surface area contributed by atoms with Crippen LogP contribution < -0.4 is 15.5 Å². The van der Waals surface area contributed by atoms with E-state index in [1.54, 1.807) is 36.4 Å². The summed E-state index contributed by atoms with van der Waals surface area (Å²) in [6, 6.07) is 16.0. The average Bonchev–Trinajstić information content (AvgIpc) is 3.38. The third-order valence-electron chi connectivity index (χ3n) is 6.69. The van der Waals surface area contributed by atoms with Crippen molar-refractivity contribution >= 4 is 28.4 Å². The van der Waals surface area contributed by atoms with Crippen LogP contribution >= 0.6 is 0 Å². The van der Waals surface area contributed by atoms with Gasteiger partial charge >= 0.3 is 0 Å². The molecule has 4 heterocycles. The Kier molecular flexibility index (Phi) is 7.14. The van der Waals surface area contributed by atoms with Gasteiger partial charge in [0, 0.05) is 43.5 Å². The maximum absolute atomic E-state index is 14.1. The maximum Gasteiger partial charge on any atom is 0.296 e. The normalized spacial score (nSPS) is 18.0. The standard InChI is InChI=1S/C27H27F2N7O3/c28-24(29)25-32-19-3-1-2-4-21(19)36(25)27-33-20(15-23(34-27)35-10-13-38-14-11-35)17-5-7-18(8-6-17)31-26(37)22-16-30-9-12-39-22/h1-8,15,22,24,30H,9-14,16H2,(H,31,37). The number of alkyl halides is 2. The molecular formula is C27H27F2N7O3. The van der Waals surface area contributed by atoms with Gasteiger partial charge in [0.2, 0.25) is 5.95 Å². The molecule has 0 aliphatic carbocycles. The number of anilines is 2. The Morgan fingerprint density at radius 3 is 2.56 bits per heavy atom. The lowest BCUT2D eigenvalue weighted by Gasteiger charge is -2.28. The zero-order valence-corrected chi connectivity index (χ0v) is 21.0. The number of carbonyl (C=O) groups excluding carboxylic acids is 1. The molecule has 202 valence electrons. The van der Waals surface area contributed by atoms with E-state index in [0.717, 1.165) is 12.1 Å². The molecule has 10 nitrogen and oxygen atoms in total. The molecule has 1 unspecified atom stereocenters. The van der Waals surface area contributed by atoms with E-state index in [-0.39, 0.29) is 11.9 Å². The Morgan fingerprint density at radius 1 is 1.03 bits per heavy atom. The number of benzene rings is 2. The number of amides is 1. The van der Waals surface area contributed by atoms with Crippen molar-refractivity contribution in [2.24, 2.45) is 0 Å². The molecule has 2 N–H and O–H groups in total. The largest absolute Gasteiger partial charge is 0.378 e. The van der Waals surface area contributed by atoms with Gasteiger partial charge in [-0.3, -0.25) is 9.36 Å². The lowest BCUT2D eigenvalue weighted by Crippen LogP contribution is -2.45. The van der Waals surface area contributed by atoms with Crippen LogP contribution in [0.2, 0.25) is 0 Å². The molecule has 0 bridgehead atoms. The minimum absolute atomic E-state index is 0.109. The fraction of sp³-hybridized carbons (Fsp3) is 0.333. The van der Waals surface area contributed by atoms with Gasteiger partial charge in [-0.25, -0.2) is 18.7 Å². The van der Waals surface area contributed by atoms with E-state index in [0.29, 0.717) is 67.7 Å². The van der Waals surface area contributed by atoms with Crippen molar-refractivity contribution in [2.45, 2.75) is 12.5 Å². The van der Waals surface area contributed by atoms with Crippen molar-refractivity contribution in [3.8, 4) is 17.2 Å². The number of nitrogens with one attached hydrogen (secondary N) is 2. The van der Waals surface area contributed by atoms with E-state index in [9.17, 15) is 13.6 Å². The summed E-state index contributed by atoms with van der Waals surface area (Å²) in [4.78, 5) is 28.1. The highest BCUT2D eigenvalue weighted by molar-refractivity contribution is 5.94. The van der Waals surface area contributed by atoms with Crippen molar-refractivity contribution in [2.75, 3.05) is 56.2 Å². The van der Waals surface area contributed by atoms with Gasteiger partial charge in [0.25, 0.3) is 12.3 Å². The lowest BCUT2D eigenvalue weighted by atomic mass is 10.1. The fourth-order valence-electron chi connectivity index (χ4n) is 4.71. The molecule has 0 saturated carbocycles. The second kappa shape index (κ2) is 11.0. The summed E-state index contributed by atoms with van der Waals surface area (Å²) in [6.07, 6.45) is -3.37. The third-order valence-corrected chi connectivity index (χ3v) is 6.69. The highest BCUT2D eigenvalue weighted by Gasteiger charge is 2.24. The van der Waals surface area contributed by atoms with Crippen molar-refractivity contribution in [1.82, 2.24) is 24.8 Å². The molecule has 2 aliphatic rings. The lowest BCUT2D eigenvalue weighted by molar-refractivity contribution is -0.128. The molecule has 2 aliphatic heterocycles. The molecule has 0 spiro atoms. The topological polar surface area (TPSA) is 106 Å². The van der Waals surface area contributed by atoms with Crippen LogP contribution in [-0.2, 0) is 14.3 Å². The van der Waals surface area contributed by atoms with Crippen molar-refractivity contribution in [3.05, 3.63) is 60.4 Å². The number of halogens is 2. The van der Waals surface area contributed by atoms with Crippen LogP contribution in [-0.4, -0.2) is 77.5 Å². The highest BCUT2D eigenvalue weighted by Crippen LogP contribution is 2.30. The number of aromatic nitrogens is 4. The van der Waals surface area contributed by atoms with Gasteiger partial charge in [-0.2, -0.15) is 4.98 Å². The summed E-state index contributed by atoms with van der Waals surface area (Å²) in [5.41, 5.74) is 2.84. The van der Waals surface area contributed by atoms with Crippen LogP contribution in [0.25, 0.3) is 28.2 Å². The molecular weight excluding hydrogens is 508 g/mol. The van der Waals surface area contributed by atoms with E-state index in [1.165, 1.54) is 4.57 Å². The molecule has 1 atom stereocenters. The Labute approximate surface area is 223 Å². The van der Waals surface area contributed by atoms with Crippen LogP contribution in [0.5, 0.6) is 0 Å². The number of hydrogen-bond donors (Lipinski definition) is 2. The summed E-state index contributed by atoms with van der Waals surface area (Å²) in [5, 5.41) is 6.01. The number of fused-ring (bicyclic) bond motifs is 1. The van der Waals surface area contributed by atoms with Crippen LogP contribution in [0.15, 0.2) is 54.6 Å². The first-order valence-corrected chi connectivity index (χ1v) is 12.8. The number of carbonyl (C=O) groups is 1. The second-order valence-electron chi connectivity index (χ2n) is 9.24. The summed E-state index contributed by atoms with van der Waals surface area (Å²) in [6.45, 7) is 3.98. The minimum atomic E-state index is -2.82. The first kappa shape index (κ1) is 25.3. The Hall–Kier alpha value is -4.00. The summed E-state index contributed by atoms with van der Waals surface area (Å²) in [5.74, 6) is 0.0760. The molecule has 6 rings (SSSR count). The highest BCUT2D eigenvalue weighted by atomic mass is 19.3. The number of ether oxygens (including phenoxy) is 2. The van der Waals surface area contributed by atoms with Gasteiger partial charge in [0.15, 0.2) is 5.82 Å². The molecule has 1 amide bonds. The van der Waals surface area contributed by atoms with Gasteiger partial charge in [-0.1, -0.05) is 24.3 Å². The molecule has 0 radical (unpaired) electrons. The first-order chi connectivity index (χ1) is 19.1. The number of nitrogens with zero attached hydrogens (tertiary/aromatic N) is 5. The maximum atomic E-state index is 14.1. The summed E-state index contributed by atoms with van der Waals surface area (Å²) < 4.78 is 40.5. The predicted octanol–water partition coefficient (Wildman–Crippen LogP) is 3.18. The molecule has 2 saturated heterocycles. The smallest absolute Gasteiger partial charge is 0.296 e. The van der Waals surface area contributed by atoms with Gasteiger partial charge in [-0.15, -0.1) is 0 Å². The van der Waals surface area contributed by atoms with Crippen molar-refractivity contribution in [1.29, 1.82) is 0 Å². The third kappa shape index (κ3) is 5.31. The van der Waals surface area contributed by atoms with Crippen molar-refractivity contribution in [3.63, 3.8) is 0 Å². The number of rotatable bonds is 6.